The van der Waals surface area contributed by atoms with Crippen molar-refractivity contribution in [2.24, 2.45) is 0 Å². The van der Waals surface area contributed by atoms with Crippen LogP contribution in [0.4, 0.5) is 0 Å². The van der Waals surface area contributed by atoms with Crippen molar-refractivity contribution in [1.29, 1.82) is 0 Å². The molecule has 0 saturated carbocycles. The van der Waals surface area contributed by atoms with Gasteiger partial charge in [0, 0.05) is 12.8 Å². The maximum absolute atomic E-state index is 12.6. The van der Waals surface area contributed by atoms with Crippen LogP contribution in [-0.4, -0.2) is 76.9 Å². The molecule has 0 aromatic heterocycles. The van der Waals surface area contributed by atoms with Crippen LogP contribution in [0.3, 0.4) is 0 Å². The largest absolute Gasteiger partial charge is 0.472 e. The van der Waals surface area contributed by atoms with Gasteiger partial charge in [0.25, 0.3) is 0 Å². The van der Waals surface area contributed by atoms with Crippen molar-refractivity contribution in [2.75, 3.05) is 26.4 Å². The maximum atomic E-state index is 12.6. The first-order valence-corrected chi connectivity index (χ1v) is 23.1. The SMILES string of the molecule is CC/C=C\C/C=C\C/C=C\C/C=C\CCCCCCC(=O)OC[C@H](COP(=O)(O)OC[C@@H](O)CO)OC(=O)CC/C=C\C/C=C\C/C=C\C/C=C/C=C/C(O)C/C=C\CC. The Hall–Kier alpha value is -3.67. The minimum atomic E-state index is -4.66. The third kappa shape index (κ3) is 41.1. The second kappa shape index (κ2) is 42.0. The van der Waals surface area contributed by atoms with Crippen molar-refractivity contribution in [3.05, 3.63) is 122 Å². The fraction of sp³-hybridized carbons (Fsp3) is 0.542. The van der Waals surface area contributed by atoms with Crippen LogP contribution in [0.2, 0.25) is 0 Å². The number of unbranched alkanes of at least 4 members (excludes halogenated alkanes) is 4. The highest BCUT2D eigenvalue weighted by Crippen LogP contribution is 2.43. The molecule has 0 aliphatic rings. The maximum Gasteiger partial charge on any atom is 0.472 e. The number of phosphoric ester groups is 1. The number of aliphatic hydroxyl groups is 3. The zero-order valence-electron chi connectivity index (χ0n) is 36.2. The van der Waals surface area contributed by atoms with Gasteiger partial charge in [-0.3, -0.25) is 18.6 Å². The molecule has 0 spiro atoms. The minimum absolute atomic E-state index is 0.0296. The number of esters is 2. The van der Waals surface area contributed by atoms with Gasteiger partial charge < -0.3 is 29.7 Å². The average Bonchev–Trinajstić information content (AvgIpc) is 3.23. The van der Waals surface area contributed by atoms with Crippen molar-refractivity contribution in [3.63, 3.8) is 0 Å². The molecule has 338 valence electrons. The summed E-state index contributed by atoms with van der Waals surface area (Å²) in [6, 6.07) is 0. The zero-order chi connectivity index (χ0) is 44.2. The fourth-order valence-corrected chi connectivity index (χ4v) is 5.71. The highest BCUT2D eigenvalue weighted by atomic mass is 31.2. The van der Waals surface area contributed by atoms with Gasteiger partial charge in [-0.15, -0.1) is 0 Å². The Morgan fingerprint density at radius 1 is 0.567 bits per heavy atom. The molecule has 0 saturated heterocycles. The van der Waals surface area contributed by atoms with Gasteiger partial charge in [-0.1, -0.05) is 148 Å². The molecule has 0 aromatic rings. The number of allylic oxidation sites excluding steroid dienone is 18. The summed E-state index contributed by atoms with van der Waals surface area (Å²) in [4.78, 5) is 35.0. The number of phosphoric acid groups is 1. The summed E-state index contributed by atoms with van der Waals surface area (Å²) in [7, 11) is -4.66. The summed E-state index contributed by atoms with van der Waals surface area (Å²) in [6.07, 6.45) is 50.8. The van der Waals surface area contributed by atoms with Crippen LogP contribution in [-0.2, 0) is 32.7 Å². The topological polar surface area (TPSA) is 169 Å². The Morgan fingerprint density at radius 3 is 1.68 bits per heavy atom. The monoisotopic (exact) mass is 859 g/mol. The zero-order valence-corrected chi connectivity index (χ0v) is 37.1. The van der Waals surface area contributed by atoms with Crippen LogP contribution < -0.4 is 0 Å². The van der Waals surface area contributed by atoms with E-state index in [9.17, 15) is 29.3 Å². The summed E-state index contributed by atoms with van der Waals surface area (Å²) in [5, 5.41) is 28.2. The third-order valence-electron chi connectivity index (χ3n) is 8.21. The summed E-state index contributed by atoms with van der Waals surface area (Å²) in [5.74, 6) is -1.09. The number of carbonyl (C=O) groups excluding carboxylic acids is 2. The van der Waals surface area contributed by atoms with E-state index in [0.29, 0.717) is 25.7 Å². The first-order chi connectivity index (χ1) is 29.1. The van der Waals surface area contributed by atoms with Crippen LogP contribution in [0.25, 0.3) is 0 Å². The summed E-state index contributed by atoms with van der Waals surface area (Å²) < 4.78 is 32.6. The fourth-order valence-electron chi connectivity index (χ4n) is 4.92. The van der Waals surface area contributed by atoms with Crippen molar-refractivity contribution in [2.45, 2.75) is 141 Å². The molecule has 0 amide bonds. The second-order valence-corrected chi connectivity index (χ2v) is 15.3. The van der Waals surface area contributed by atoms with Crippen LogP contribution in [0, 0.1) is 0 Å². The Bertz CT molecular complexity index is 1420. The highest BCUT2D eigenvalue weighted by Gasteiger charge is 2.27. The number of carbonyl (C=O) groups is 2. The van der Waals surface area contributed by atoms with Gasteiger partial charge in [0.15, 0.2) is 6.10 Å². The molecule has 0 aliphatic heterocycles. The van der Waals surface area contributed by atoms with Gasteiger partial charge in [-0.05, 0) is 83.5 Å². The summed E-state index contributed by atoms with van der Waals surface area (Å²) in [5.41, 5.74) is 0. The Kier molecular flexibility index (Phi) is 39.5. The quantitative estimate of drug-likeness (QED) is 0.0153. The third-order valence-corrected chi connectivity index (χ3v) is 9.16. The highest BCUT2D eigenvalue weighted by molar-refractivity contribution is 7.47. The smallest absolute Gasteiger partial charge is 0.462 e. The molecule has 0 aliphatic carbocycles. The van der Waals surface area contributed by atoms with E-state index in [0.717, 1.165) is 70.6 Å². The van der Waals surface area contributed by atoms with Gasteiger partial charge in [0.05, 0.1) is 25.9 Å². The van der Waals surface area contributed by atoms with E-state index >= 15 is 0 Å². The van der Waals surface area contributed by atoms with Gasteiger partial charge in [-0.25, -0.2) is 4.57 Å². The molecule has 0 bridgehead atoms. The summed E-state index contributed by atoms with van der Waals surface area (Å²) >= 11 is 0. The second-order valence-electron chi connectivity index (χ2n) is 13.8. The molecule has 2 unspecified atom stereocenters. The molecule has 11 nitrogen and oxygen atoms in total. The van der Waals surface area contributed by atoms with Gasteiger partial charge in [0.1, 0.15) is 12.7 Å². The van der Waals surface area contributed by atoms with Crippen molar-refractivity contribution in [3.8, 4) is 0 Å². The lowest BCUT2D eigenvalue weighted by molar-refractivity contribution is -0.161. The molecule has 0 fully saturated rings. The van der Waals surface area contributed by atoms with Crippen molar-refractivity contribution in [1.82, 2.24) is 0 Å². The lowest BCUT2D eigenvalue weighted by atomic mass is 10.1. The Balaban J connectivity index is 4.54. The molecular formula is C48H75O11P. The molecule has 12 heteroatoms. The molecule has 0 rings (SSSR count). The van der Waals surface area contributed by atoms with E-state index in [-0.39, 0.29) is 19.4 Å². The van der Waals surface area contributed by atoms with E-state index in [4.69, 9.17) is 19.1 Å². The Labute approximate surface area is 360 Å². The van der Waals surface area contributed by atoms with Crippen LogP contribution in [0.1, 0.15) is 123 Å². The normalized spacial score (nSPS) is 15.5. The van der Waals surface area contributed by atoms with Crippen LogP contribution in [0.15, 0.2) is 122 Å². The number of hydrogen-bond acceptors (Lipinski definition) is 10. The number of aliphatic hydroxyl groups excluding tert-OH is 3. The average molecular weight is 859 g/mol. The van der Waals surface area contributed by atoms with Crippen LogP contribution >= 0.6 is 7.82 Å². The van der Waals surface area contributed by atoms with E-state index < -0.39 is 57.9 Å². The van der Waals surface area contributed by atoms with Gasteiger partial charge in [-0.2, -0.15) is 0 Å². The number of ether oxygens (including phenoxy) is 2. The number of rotatable bonds is 38. The standard InChI is InChI=1S/C48H75O11P/c1-3-5-7-8-9-10-11-12-13-14-15-18-21-24-27-30-34-38-47(52)56-42-46(43-58-60(54,55)57-41-45(51)40-49)59-48(53)39-35-31-28-25-22-19-16-17-20-23-26-29-33-37-44(50)36-32-6-4-2/h5-7,9-10,12-13,15,17-20,22,26,28-29,31-33,37,44-46,49-51H,3-4,8,11,14,16,21,23-25,27,30,34-36,38-43H2,1-2H3,(H,54,55)/b7-5-,10-9-,13-12-,18-15-,20-17-,22-19-,29-26+,31-28-,32-6-,37-33+/t44?,45-,46+/m0/s1. The van der Waals surface area contributed by atoms with Crippen molar-refractivity contribution < 1.29 is 52.9 Å². The summed E-state index contributed by atoms with van der Waals surface area (Å²) in [6.45, 7) is 1.90. The van der Waals surface area contributed by atoms with Gasteiger partial charge in [0.2, 0.25) is 0 Å². The lowest BCUT2D eigenvalue weighted by Crippen LogP contribution is -2.29. The van der Waals surface area contributed by atoms with Gasteiger partial charge >= 0.3 is 19.8 Å². The van der Waals surface area contributed by atoms with E-state index in [1.165, 1.54) is 0 Å². The number of hydrogen-bond donors (Lipinski definition) is 4. The Morgan fingerprint density at radius 2 is 1.08 bits per heavy atom. The van der Waals surface area contributed by atoms with E-state index in [1.54, 1.807) is 6.08 Å². The molecular weight excluding hydrogens is 783 g/mol. The minimum Gasteiger partial charge on any atom is -0.462 e. The molecule has 0 heterocycles. The first kappa shape index (κ1) is 56.3. The predicted octanol–water partition coefficient (Wildman–Crippen LogP) is 10.5. The molecule has 0 radical (unpaired) electrons. The van der Waals surface area contributed by atoms with E-state index in [2.05, 4.69) is 79.1 Å². The molecule has 4 atom stereocenters. The first-order valence-electron chi connectivity index (χ1n) is 21.6. The molecule has 0 aromatic carbocycles. The van der Waals surface area contributed by atoms with Crippen molar-refractivity contribution >= 4 is 19.8 Å². The molecule has 60 heavy (non-hydrogen) atoms. The molecule has 4 N–H and O–H groups in total. The van der Waals surface area contributed by atoms with Crippen LogP contribution in [0.5, 0.6) is 0 Å². The lowest BCUT2D eigenvalue weighted by Gasteiger charge is -2.20. The predicted molar refractivity (Wildman–Crippen MR) is 243 cm³/mol. The van der Waals surface area contributed by atoms with E-state index in [1.807, 2.05) is 54.7 Å².